The molecule has 1 amide bonds. The Morgan fingerprint density at radius 2 is 2.22 bits per heavy atom. The van der Waals surface area contributed by atoms with Crippen LogP contribution in [0.3, 0.4) is 0 Å². The van der Waals surface area contributed by atoms with E-state index in [0.717, 1.165) is 18.4 Å². The molecule has 1 aromatic carbocycles. The first kappa shape index (κ1) is 13.1. The Kier molecular flexibility index (Phi) is 4.37. The normalized spacial score (nSPS) is 15.2. The van der Waals surface area contributed by atoms with E-state index in [4.69, 9.17) is 5.73 Å². The maximum atomic E-state index is 12.3. The summed E-state index contributed by atoms with van der Waals surface area (Å²) in [5, 5.41) is 0. The van der Waals surface area contributed by atoms with Gasteiger partial charge < -0.3 is 10.6 Å². The van der Waals surface area contributed by atoms with Gasteiger partial charge in [-0.1, -0.05) is 29.8 Å². The van der Waals surface area contributed by atoms with E-state index >= 15 is 0 Å². The summed E-state index contributed by atoms with van der Waals surface area (Å²) in [7, 11) is 0. The Bertz CT molecular complexity index is 413. The number of hydrogen-bond acceptors (Lipinski definition) is 2. The van der Waals surface area contributed by atoms with Crippen LogP contribution >= 0.6 is 0 Å². The van der Waals surface area contributed by atoms with E-state index in [0.29, 0.717) is 25.6 Å². The van der Waals surface area contributed by atoms with Gasteiger partial charge in [0.1, 0.15) is 0 Å². The van der Waals surface area contributed by atoms with Crippen molar-refractivity contribution in [3.8, 4) is 0 Å². The van der Waals surface area contributed by atoms with Crippen LogP contribution in [0.4, 0.5) is 0 Å². The van der Waals surface area contributed by atoms with Gasteiger partial charge in [0.2, 0.25) is 5.91 Å². The Hall–Kier alpha value is -1.35. The molecule has 3 heteroatoms. The predicted molar refractivity (Wildman–Crippen MR) is 73.3 cm³/mol. The Labute approximate surface area is 109 Å². The lowest BCUT2D eigenvalue weighted by Crippen LogP contribution is -2.47. The highest BCUT2D eigenvalue weighted by atomic mass is 16.2. The Balaban J connectivity index is 2.00. The third-order valence-electron chi connectivity index (χ3n) is 3.64. The maximum Gasteiger partial charge on any atom is 0.227 e. The molecular weight excluding hydrogens is 224 g/mol. The number of nitrogens with zero attached hydrogens (tertiary/aromatic N) is 1. The van der Waals surface area contributed by atoms with Crippen LogP contribution in [-0.2, 0) is 11.2 Å². The monoisotopic (exact) mass is 246 g/mol. The zero-order chi connectivity index (χ0) is 13.0. The minimum absolute atomic E-state index is 0.218. The molecule has 0 atom stereocenters. The van der Waals surface area contributed by atoms with Crippen LogP contribution in [0.15, 0.2) is 24.3 Å². The molecule has 2 rings (SSSR count). The fourth-order valence-corrected chi connectivity index (χ4v) is 2.45. The van der Waals surface area contributed by atoms with Crippen molar-refractivity contribution in [3.63, 3.8) is 0 Å². The second-order valence-electron chi connectivity index (χ2n) is 5.13. The molecule has 2 N–H and O–H groups in total. The molecule has 3 nitrogen and oxygen atoms in total. The highest BCUT2D eigenvalue weighted by molar-refractivity contribution is 5.79. The van der Waals surface area contributed by atoms with E-state index in [9.17, 15) is 4.79 Å². The third-order valence-corrected chi connectivity index (χ3v) is 3.64. The van der Waals surface area contributed by atoms with Crippen molar-refractivity contribution in [2.75, 3.05) is 13.1 Å². The summed E-state index contributed by atoms with van der Waals surface area (Å²) in [6.45, 7) is 3.29. The van der Waals surface area contributed by atoms with Gasteiger partial charge in [-0.25, -0.2) is 0 Å². The van der Waals surface area contributed by atoms with Crippen LogP contribution in [0, 0.1) is 6.92 Å². The second kappa shape index (κ2) is 6.01. The van der Waals surface area contributed by atoms with E-state index in [1.807, 2.05) is 17.0 Å². The minimum atomic E-state index is 0.218. The summed E-state index contributed by atoms with van der Waals surface area (Å²) in [6, 6.07) is 8.60. The van der Waals surface area contributed by atoms with Crippen LogP contribution < -0.4 is 5.73 Å². The molecule has 98 valence electrons. The number of nitrogens with two attached hydrogens (primary N) is 1. The van der Waals surface area contributed by atoms with E-state index in [1.165, 1.54) is 12.0 Å². The number of amides is 1. The molecular formula is C15H22N2O. The molecule has 0 bridgehead atoms. The lowest BCUT2D eigenvalue weighted by atomic mass is 9.91. The highest BCUT2D eigenvalue weighted by Gasteiger charge is 2.27. The van der Waals surface area contributed by atoms with E-state index in [-0.39, 0.29) is 5.91 Å². The third kappa shape index (κ3) is 3.10. The van der Waals surface area contributed by atoms with Gasteiger partial charge in [-0.2, -0.15) is 0 Å². The zero-order valence-corrected chi connectivity index (χ0v) is 11.1. The molecule has 18 heavy (non-hydrogen) atoms. The molecule has 0 aromatic heterocycles. The second-order valence-corrected chi connectivity index (χ2v) is 5.13. The average molecular weight is 246 g/mol. The first-order valence-electron chi connectivity index (χ1n) is 6.76. The van der Waals surface area contributed by atoms with Gasteiger partial charge in [-0.15, -0.1) is 0 Å². The fourth-order valence-electron chi connectivity index (χ4n) is 2.45. The number of carbonyl (C=O) groups excluding carboxylic acids is 1. The van der Waals surface area contributed by atoms with Gasteiger partial charge in [-0.3, -0.25) is 4.79 Å². The molecule has 0 spiro atoms. The van der Waals surface area contributed by atoms with E-state index < -0.39 is 0 Å². The largest absolute Gasteiger partial charge is 0.338 e. The number of carbonyl (C=O) groups is 1. The van der Waals surface area contributed by atoms with E-state index in [2.05, 4.69) is 19.1 Å². The van der Waals surface area contributed by atoms with Crippen LogP contribution in [0.2, 0.25) is 0 Å². The Morgan fingerprint density at radius 3 is 2.78 bits per heavy atom. The highest BCUT2D eigenvalue weighted by Crippen LogP contribution is 2.25. The van der Waals surface area contributed by atoms with Gasteiger partial charge in [-0.05, 0) is 31.7 Å². The first-order chi connectivity index (χ1) is 8.70. The summed E-state index contributed by atoms with van der Waals surface area (Å²) in [5.74, 6) is 0.218. The van der Waals surface area contributed by atoms with Crippen molar-refractivity contribution in [2.24, 2.45) is 5.73 Å². The van der Waals surface area contributed by atoms with Crippen molar-refractivity contribution in [3.05, 3.63) is 35.4 Å². The van der Waals surface area contributed by atoms with Crippen molar-refractivity contribution >= 4 is 5.91 Å². The van der Waals surface area contributed by atoms with Gasteiger partial charge >= 0.3 is 0 Å². The van der Waals surface area contributed by atoms with Gasteiger partial charge in [0, 0.05) is 19.1 Å². The summed E-state index contributed by atoms with van der Waals surface area (Å²) in [4.78, 5) is 14.3. The van der Waals surface area contributed by atoms with Crippen LogP contribution in [0.25, 0.3) is 0 Å². The molecule has 0 heterocycles. The quantitative estimate of drug-likeness (QED) is 0.862. The Morgan fingerprint density at radius 1 is 1.44 bits per heavy atom. The van der Waals surface area contributed by atoms with Crippen molar-refractivity contribution in [2.45, 2.75) is 38.6 Å². The predicted octanol–water partition coefficient (Wildman–Crippen LogP) is 1.88. The van der Waals surface area contributed by atoms with Crippen molar-refractivity contribution < 1.29 is 4.79 Å². The van der Waals surface area contributed by atoms with Crippen molar-refractivity contribution in [1.82, 2.24) is 4.90 Å². The lowest BCUT2D eigenvalue weighted by molar-refractivity contribution is -0.134. The number of hydrogen-bond donors (Lipinski definition) is 1. The van der Waals surface area contributed by atoms with Crippen LogP contribution in [0.5, 0.6) is 0 Å². The zero-order valence-electron chi connectivity index (χ0n) is 11.1. The molecule has 0 unspecified atom stereocenters. The van der Waals surface area contributed by atoms with Crippen LogP contribution in [-0.4, -0.2) is 29.9 Å². The number of benzene rings is 1. The number of aryl methyl sites for hydroxylation is 1. The first-order valence-corrected chi connectivity index (χ1v) is 6.76. The molecule has 0 saturated heterocycles. The molecule has 0 radical (unpaired) electrons. The summed E-state index contributed by atoms with van der Waals surface area (Å²) < 4.78 is 0. The molecule has 1 aliphatic carbocycles. The molecule has 1 aliphatic rings. The standard InChI is InChI=1S/C15H22N2O/c1-12-4-2-5-13(10-12)11-15(18)17(9-8-16)14-6-3-7-14/h2,4-5,10,14H,3,6-9,11,16H2,1H3. The van der Waals surface area contributed by atoms with Crippen molar-refractivity contribution in [1.29, 1.82) is 0 Å². The maximum absolute atomic E-state index is 12.3. The van der Waals surface area contributed by atoms with Crippen LogP contribution in [0.1, 0.15) is 30.4 Å². The summed E-state index contributed by atoms with van der Waals surface area (Å²) in [6.07, 6.45) is 4.01. The topological polar surface area (TPSA) is 46.3 Å². The smallest absolute Gasteiger partial charge is 0.227 e. The van der Waals surface area contributed by atoms with E-state index in [1.54, 1.807) is 0 Å². The van der Waals surface area contributed by atoms with Gasteiger partial charge in [0.15, 0.2) is 0 Å². The van der Waals surface area contributed by atoms with Gasteiger partial charge in [0.25, 0.3) is 0 Å². The molecule has 0 aliphatic heterocycles. The molecule has 1 fully saturated rings. The molecule has 1 aromatic rings. The lowest BCUT2D eigenvalue weighted by Gasteiger charge is -2.37. The minimum Gasteiger partial charge on any atom is -0.338 e. The summed E-state index contributed by atoms with van der Waals surface area (Å²) >= 11 is 0. The van der Waals surface area contributed by atoms with Gasteiger partial charge in [0.05, 0.1) is 6.42 Å². The molecule has 1 saturated carbocycles. The number of rotatable bonds is 5. The average Bonchev–Trinajstić information content (AvgIpc) is 2.26. The summed E-state index contributed by atoms with van der Waals surface area (Å²) in [5.41, 5.74) is 7.91. The fraction of sp³-hybridized carbons (Fsp3) is 0.533. The SMILES string of the molecule is Cc1cccc(CC(=O)N(CCN)C2CCC2)c1.